The first-order valence-corrected chi connectivity index (χ1v) is 4.53. The number of aliphatic imine (C=N–C) groups is 1. The third kappa shape index (κ3) is 0.988. The van der Waals surface area contributed by atoms with Crippen LogP contribution in [0.25, 0.3) is 10.8 Å². The molecule has 1 aromatic heterocycles. The molecule has 1 aliphatic rings. The van der Waals surface area contributed by atoms with Gasteiger partial charge in [-0.25, -0.2) is 4.98 Å². The summed E-state index contributed by atoms with van der Waals surface area (Å²) in [6.45, 7) is 0.862. The van der Waals surface area contributed by atoms with E-state index in [1.807, 2.05) is 18.2 Å². The molecule has 0 saturated heterocycles. The molecule has 0 unspecified atom stereocenters. The van der Waals surface area contributed by atoms with Crippen molar-refractivity contribution in [1.29, 1.82) is 0 Å². The van der Waals surface area contributed by atoms with Gasteiger partial charge in [-0.1, -0.05) is 18.2 Å². The molecular formula is C11H9N3. The van der Waals surface area contributed by atoms with Gasteiger partial charge in [0.2, 0.25) is 0 Å². The molecule has 1 aliphatic heterocycles. The second-order valence-electron chi connectivity index (χ2n) is 3.36. The number of nitrogens with two attached hydrogens (primary N) is 1. The number of hydrogen-bond acceptors (Lipinski definition) is 3. The first kappa shape index (κ1) is 7.50. The monoisotopic (exact) mass is 183 g/mol. The Morgan fingerprint density at radius 2 is 2.00 bits per heavy atom. The van der Waals surface area contributed by atoms with E-state index in [1.165, 1.54) is 11.3 Å². The number of nitrogen functional groups attached to an aromatic ring is 1. The molecule has 68 valence electrons. The quantitative estimate of drug-likeness (QED) is 0.730. The van der Waals surface area contributed by atoms with Crippen molar-refractivity contribution in [3.63, 3.8) is 0 Å². The van der Waals surface area contributed by atoms with E-state index in [4.69, 9.17) is 5.73 Å². The minimum atomic E-state index is 0.589. The highest BCUT2D eigenvalue weighted by Gasteiger charge is 2.15. The summed E-state index contributed by atoms with van der Waals surface area (Å²) in [5, 5.41) is 2.16. The van der Waals surface area contributed by atoms with Gasteiger partial charge >= 0.3 is 0 Å². The van der Waals surface area contributed by atoms with Crippen molar-refractivity contribution in [1.82, 2.24) is 4.98 Å². The molecule has 2 N–H and O–H groups in total. The molecule has 2 aromatic rings. The normalized spacial score (nSPS) is 14.1. The summed E-state index contributed by atoms with van der Waals surface area (Å²) < 4.78 is 0. The lowest BCUT2D eigenvalue weighted by Crippen LogP contribution is -1.94. The Morgan fingerprint density at radius 1 is 1.14 bits per heavy atom. The molecule has 0 spiro atoms. The summed E-state index contributed by atoms with van der Waals surface area (Å²) in [6, 6.07) is 8.05. The van der Waals surface area contributed by atoms with Gasteiger partial charge in [-0.05, 0) is 11.5 Å². The number of fused-ring (bicyclic) bond motifs is 1. The van der Waals surface area contributed by atoms with Crippen LogP contribution in [0.3, 0.4) is 0 Å². The minimum Gasteiger partial charge on any atom is -0.383 e. The van der Waals surface area contributed by atoms with Crippen LogP contribution in [0.15, 0.2) is 35.5 Å². The molecule has 0 radical (unpaired) electrons. The fraction of sp³-hybridized carbons (Fsp3) is 0.0909. The molecule has 0 atom stereocenters. The van der Waals surface area contributed by atoms with Gasteiger partial charge < -0.3 is 5.73 Å². The van der Waals surface area contributed by atoms with E-state index >= 15 is 0 Å². The van der Waals surface area contributed by atoms with Crippen LogP contribution in [-0.2, 0) is 0 Å². The lowest BCUT2D eigenvalue weighted by molar-refractivity contribution is 1.37. The standard InChI is InChI=1S/C11H9N3/c12-11-9-3-1-2-8(10-6-14-10)7(9)4-5-13-11/h1-5H,6H2,(H2,12,13). The van der Waals surface area contributed by atoms with E-state index in [9.17, 15) is 0 Å². The Hall–Kier alpha value is -1.90. The van der Waals surface area contributed by atoms with Crippen molar-refractivity contribution in [2.24, 2.45) is 4.99 Å². The third-order valence-corrected chi connectivity index (χ3v) is 2.46. The van der Waals surface area contributed by atoms with Gasteiger partial charge in [0.05, 0.1) is 12.3 Å². The summed E-state index contributed by atoms with van der Waals surface area (Å²) in [6.07, 6.45) is 1.74. The Balaban J connectivity index is 2.41. The fourth-order valence-electron chi connectivity index (χ4n) is 1.69. The third-order valence-electron chi connectivity index (χ3n) is 2.46. The molecule has 3 heteroatoms. The van der Waals surface area contributed by atoms with Crippen LogP contribution in [0, 0.1) is 0 Å². The molecule has 3 nitrogen and oxygen atoms in total. The van der Waals surface area contributed by atoms with E-state index in [2.05, 4.69) is 16.0 Å². The largest absolute Gasteiger partial charge is 0.383 e. The SMILES string of the molecule is Nc1nccc2c(C3=NC3)cccc12. The summed E-state index contributed by atoms with van der Waals surface area (Å²) in [5.41, 5.74) is 8.15. The van der Waals surface area contributed by atoms with Gasteiger partial charge in [0.25, 0.3) is 0 Å². The molecule has 0 aliphatic carbocycles. The summed E-state index contributed by atoms with van der Waals surface area (Å²) in [7, 11) is 0. The van der Waals surface area contributed by atoms with Crippen molar-refractivity contribution >= 4 is 22.3 Å². The average molecular weight is 183 g/mol. The predicted molar refractivity (Wildman–Crippen MR) is 57.6 cm³/mol. The molecule has 1 aromatic carbocycles. The van der Waals surface area contributed by atoms with Crippen LogP contribution in [0.5, 0.6) is 0 Å². The van der Waals surface area contributed by atoms with Gasteiger partial charge in [-0.3, -0.25) is 4.99 Å². The van der Waals surface area contributed by atoms with Crippen molar-refractivity contribution in [2.45, 2.75) is 0 Å². The summed E-state index contributed by atoms with van der Waals surface area (Å²) >= 11 is 0. The molecular weight excluding hydrogens is 174 g/mol. The van der Waals surface area contributed by atoms with E-state index in [1.54, 1.807) is 6.20 Å². The Morgan fingerprint density at radius 3 is 2.79 bits per heavy atom. The molecule has 0 saturated carbocycles. The maximum absolute atomic E-state index is 5.79. The average Bonchev–Trinajstić information content (AvgIpc) is 3.01. The second kappa shape index (κ2) is 2.54. The Bertz CT molecular complexity index is 543. The van der Waals surface area contributed by atoms with Crippen molar-refractivity contribution in [3.8, 4) is 0 Å². The zero-order valence-corrected chi connectivity index (χ0v) is 7.57. The molecule has 0 amide bonds. The van der Waals surface area contributed by atoms with Crippen LogP contribution in [-0.4, -0.2) is 17.2 Å². The van der Waals surface area contributed by atoms with Gasteiger partial charge in [0, 0.05) is 17.1 Å². The first-order valence-electron chi connectivity index (χ1n) is 4.53. The predicted octanol–water partition coefficient (Wildman–Crippen LogP) is 1.62. The highest BCUT2D eigenvalue weighted by Crippen LogP contribution is 2.25. The van der Waals surface area contributed by atoms with E-state index < -0.39 is 0 Å². The van der Waals surface area contributed by atoms with Gasteiger partial charge in [0.15, 0.2) is 0 Å². The molecule has 2 heterocycles. The van der Waals surface area contributed by atoms with Gasteiger partial charge in [-0.2, -0.15) is 0 Å². The van der Waals surface area contributed by atoms with Crippen molar-refractivity contribution in [2.75, 3.05) is 12.3 Å². The minimum absolute atomic E-state index is 0.589. The van der Waals surface area contributed by atoms with Crippen LogP contribution >= 0.6 is 0 Å². The zero-order chi connectivity index (χ0) is 9.54. The number of benzene rings is 1. The van der Waals surface area contributed by atoms with Crippen LogP contribution in [0.1, 0.15) is 5.56 Å². The molecule has 14 heavy (non-hydrogen) atoms. The smallest absolute Gasteiger partial charge is 0.131 e. The highest BCUT2D eigenvalue weighted by molar-refractivity contribution is 6.18. The number of aromatic nitrogens is 1. The van der Waals surface area contributed by atoms with Crippen molar-refractivity contribution in [3.05, 3.63) is 36.0 Å². The maximum Gasteiger partial charge on any atom is 0.131 e. The van der Waals surface area contributed by atoms with Crippen LogP contribution in [0.4, 0.5) is 5.82 Å². The fourth-order valence-corrected chi connectivity index (χ4v) is 1.69. The van der Waals surface area contributed by atoms with Gasteiger partial charge in [-0.15, -0.1) is 0 Å². The molecule has 0 bridgehead atoms. The van der Waals surface area contributed by atoms with Crippen LogP contribution in [0.2, 0.25) is 0 Å². The topological polar surface area (TPSA) is 51.3 Å². The molecule has 3 rings (SSSR count). The number of rotatable bonds is 1. The lowest BCUT2D eigenvalue weighted by atomic mass is 10.0. The summed E-state index contributed by atoms with van der Waals surface area (Å²) in [4.78, 5) is 8.27. The van der Waals surface area contributed by atoms with E-state index in [0.717, 1.165) is 17.3 Å². The number of anilines is 1. The lowest BCUT2D eigenvalue weighted by Gasteiger charge is -2.03. The first-order chi connectivity index (χ1) is 6.86. The van der Waals surface area contributed by atoms with E-state index in [-0.39, 0.29) is 0 Å². The summed E-state index contributed by atoms with van der Waals surface area (Å²) in [5.74, 6) is 0.589. The Kier molecular flexibility index (Phi) is 1.36. The Labute approximate surface area is 81.3 Å². The number of hydrogen-bond donors (Lipinski definition) is 1. The molecule has 0 fully saturated rings. The van der Waals surface area contributed by atoms with E-state index in [0.29, 0.717) is 5.82 Å². The highest BCUT2D eigenvalue weighted by atomic mass is 14.9. The number of nitrogens with zero attached hydrogens (tertiary/aromatic N) is 2. The van der Waals surface area contributed by atoms with Crippen LogP contribution < -0.4 is 5.73 Å². The van der Waals surface area contributed by atoms with Crippen molar-refractivity contribution < 1.29 is 0 Å². The maximum atomic E-state index is 5.79. The van der Waals surface area contributed by atoms with Gasteiger partial charge in [0.1, 0.15) is 5.82 Å². The zero-order valence-electron chi connectivity index (χ0n) is 7.57. The number of pyridine rings is 1. The second-order valence-corrected chi connectivity index (χ2v) is 3.36.